The number of nitrogens with zero attached hydrogens (tertiary/aromatic N) is 2. The summed E-state index contributed by atoms with van der Waals surface area (Å²) in [6.45, 7) is 0.898. The summed E-state index contributed by atoms with van der Waals surface area (Å²) in [5.74, 6) is 0. The topological polar surface area (TPSA) is 45.9 Å². The van der Waals surface area contributed by atoms with E-state index in [2.05, 4.69) is 11.1 Å². The van der Waals surface area contributed by atoms with Crippen molar-refractivity contribution in [2.45, 2.75) is 5.41 Å². The van der Waals surface area contributed by atoms with Crippen LogP contribution in [0.5, 0.6) is 0 Å². The number of nitriles is 1. The Bertz CT molecular complexity index is 576. The number of aromatic nitrogens is 1. The number of benzene rings is 1. The molecule has 0 atom stereocenters. The van der Waals surface area contributed by atoms with Gasteiger partial charge in [-0.2, -0.15) is 5.26 Å². The first kappa shape index (κ1) is 9.32. The Labute approximate surface area is 93.3 Å². The number of hydrogen-bond donors (Lipinski definition) is 0. The third-order valence-corrected chi connectivity index (χ3v) is 3.04. The van der Waals surface area contributed by atoms with E-state index in [4.69, 9.17) is 4.74 Å². The molecule has 16 heavy (non-hydrogen) atoms. The van der Waals surface area contributed by atoms with E-state index in [1.165, 1.54) is 0 Å². The van der Waals surface area contributed by atoms with E-state index in [9.17, 15) is 5.26 Å². The van der Waals surface area contributed by atoms with E-state index in [0.29, 0.717) is 13.2 Å². The summed E-state index contributed by atoms with van der Waals surface area (Å²) in [7, 11) is 0. The van der Waals surface area contributed by atoms with Gasteiger partial charge in [-0.3, -0.25) is 4.98 Å². The van der Waals surface area contributed by atoms with E-state index >= 15 is 0 Å². The van der Waals surface area contributed by atoms with Gasteiger partial charge >= 0.3 is 0 Å². The van der Waals surface area contributed by atoms with Gasteiger partial charge in [0.15, 0.2) is 0 Å². The van der Waals surface area contributed by atoms with Crippen LogP contribution in [0.3, 0.4) is 0 Å². The van der Waals surface area contributed by atoms with Crippen molar-refractivity contribution in [1.82, 2.24) is 4.98 Å². The van der Waals surface area contributed by atoms with Crippen molar-refractivity contribution < 1.29 is 4.74 Å². The molecule has 0 radical (unpaired) electrons. The van der Waals surface area contributed by atoms with Crippen LogP contribution in [-0.2, 0) is 10.2 Å². The molecule has 0 N–H and O–H groups in total. The van der Waals surface area contributed by atoms with Crippen molar-refractivity contribution in [2.24, 2.45) is 0 Å². The predicted molar refractivity (Wildman–Crippen MR) is 59.9 cm³/mol. The molecule has 2 aromatic rings. The van der Waals surface area contributed by atoms with Gasteiger partial charge in [-0.15, -0.1) is 0 Å². The summed E-state index contributed by atoms with van der Waals surface area (Å²) in [5, 5.41) is 11.4. The minimum atomic E-state index is -0.541. The lowest BCUT2D eigenvalue weighted by molar-refractivity contribution is -0.0310. The maximum Gasteiger partial charge on any atom is 0.146 e. The molecule has 1 aromatic heterocycles. The van der Waals surface area contributed by atoms with E-state index in [-0.39, 0.29) is 0 Å². The highest BCUT2D eigenvalue weighted by Gasteiger charge is 2.43. The second kappa shape index (κ2) is 3.29. The molecule has 0 saturated carbocycles. The fourth-order valence-corrected chi connectivity index (χ4v) is 2.06. The lowest BCUT2D eigenvalue weighted by Crippen LogP contribution is -2.46. The fourth-order valence-electron chi connectivity index (χ4n) is 2.06. The van der Waals surface area contributed by atoms with Gasteiger partial charge in [0.25, 0.3) is 0 Å². The van der Waals surface area contributed by atoms with Crippen molar-refractivity contribution in [1.29, 1.82) is 5.26 Å². The highest BCUT2D eigenvalue weighted by atomic mass is 16.5. The summed E-state index contributed by atoms with van der Waals surface area (Å²) < 4.78 is 5.17. The smallest absolute Gasteiger partial charge is 0.146 e. The average molecular weight is 210 g/mol. The lowest BCUT2D eigenvalue weighted by atomic mass is 9.81. The third-order valence-electron chi connectivity index (χ3n) is 3.04. The van der Waals surface area contributed by atoms with Gasteiger partial charge in [0, 0.05) is 11.6 Å². The van der Waals surface area contributed by atoms with Crippen LogP contribution < -0.4 is 0 Å². The van der Waals surface area contributed by atoms with Crippen LogP contribution >= 0.6 is 0 Å². The van der Waals surface area contributed by atoms with Gasteiger partial charge in [-0.25, -0.2) is 0 Å². The van der Waals surface area contributed by atoms with Gasteiger partial charge in [-0.1, -0.05) is 24.3 Å². The third kappa shape index (κ3) is 1.14. The molecule has 1 aliphatic rings. The normalized spacial score (nSPS) is 17.7. The van der Waals surface area contributed by atoms with E-state index < -0.39 is 5.41 Å². The Morgan fingerprint density at radius 2 is 2.06 bits per heavy atom. The monoisotopic (exact) mass is 210 g/mol. The Morgan fingerprint density at radius 1 is 1.25 bits per heavy atom. The summed E-state index contributed by atoms with van der Waals surface area (Å²) in [4.78, 5) is 4.37. The Morgan fingerprint density at radius 3 is 2.75 bits per heavy atom. The van der Waals surface area contributed by atoms with Crippen LogP contribution in [-0.4, -0.2) is 18.2 Å². The highest BCUT2D eigenvalue weighted by molar-refractivity contribution is 5.85. The molecule has 1 aromatic carbocycles. The van der Waals surface area contributed by atoms with Crippen molar-refractivity contribution in [3.8, 4) is 6.07 Å². The SMILES string of the molecule is N#CC1(c2nccc3ccccc23)COC1. The Kier molecular flexibility index (Phi) is 1.92. The number of pyridine rings is 1. The van der Waals surface area contributed by atoms with Gasteiger partial charge in [-0.05, 0) is 11.5 Å². The zero-order valence-electron chi connectivity index (χ0n) is 8.68. The van der Waals surface area contributed by atoms with Crippen molar-refractivity contribution in [2.75, 3.05) is 13.2 Å². The fraction of sp³-hybridized carbons (Fsp3) is 0.231. The lowest BCUT2D eigenvalue weighted by Gasteiger charge is -2.34. The molecular weight excluding hydrogens is 200 g/mol. The molecule has 3 nitrogen and oxygen atoms in total. The highest BCUT2D eigenvalue weighted by Crippen LogP contribution is 2.34. The molecule has 0 bridgehead atoms. The minimum absolute atomic E-state index is 0.449. The minimum Gasteiger partial charge on any atom is -0.377 e. The quantitative estimate of drug-likeness (QED) is 0.723. The molecule has 0 amide bonds. The molecule has 0 spiro atoms. The zero-order valence-corrected chi connectivity index (χ0v) is 8.68. The summed E-state index contributed by atoms with van der Waals surface area (Å²) >= 11 is 0. The molecule has 2 heterocycles. The number of rotatable bonds is 1. The van der Waals surface area contributed by atoms with Crippen LogP contribution in [0.25, 0.3) is 10.8 Å². The Hall–Kier alpha value is -1.92. The standard InChI is InChI=1S/C13H10N2O/c14-7-13(8-16-9-13)12-11-4-2-1-3-10(11)5-6-15-12/h1-6H,8-9H2. The summed E-state index contributed by atoms with van der Waals surface area (Å²) in [6.07, 6.45) is 1.76. The second-order valence-corrected chi connectivity index (χ2v) is 4.07. The molecule has 3 heteroatoms. The zero-order chi connectivity index (χ0) is 11.0. The van der Waals surface area contributed by atoms with Crippen LogP contribution in [0.4, 0.5) is 0 Å². The van der Waals surface area contributed by atoms with Crippen LogP contribution in [0.2, 0.25) is 0 Å². The Balaban J connectivity index is 2.28. The van der Waals surface area contributed by atoms with Gasteiger partial charge in [0.2, 0.25) is 0 Å². The largest absolute Gasteiger partial charge is 0.377 e. The first-order valence-electron chi connectivity index (χ1n) is 5.19. The number of hydrogen-bond acceptors (Lipinski definition) is 3. The maximum atomic E-state index is 9.28. The average Bonchev–Trinajstić information content (AvgIpc) is 2.29. The van der Waals surface area contributed by atoms with Crippen LogP contribution in [0, 0.1) is 11.3 Å². The molecule has 78 valence electrons. The summed E-state index contributed by atoms with van der Waals surface area (Å²) in [6, 6.07) is 12.3. The number of fused-ring (bicyclic) bond motifs is 1. The molecule has 3 rings (SSSR count). The molecule has 1 fully saturated rings. The predicted octanol–water partition coefficient (Wildman–Crippen LogP) is 2.03. The molecule has 0 aliphatic carbocycles. The van der Waals surface area contributed by atoms with Crippen molar-refractivity contribution >= 4 is 10.8 Å². The van der Waals surface area contributed by atoms with E-state index in [1.54, 1.807) is 6.20 Å². The first-order chi connectivity index (χ1) is 7.86. The van der Waals surface area contributed by atoms with E-state index in [0.717, 1.165) is 16.5 Å². The van der Waals surface area contributed by atoms with Gasteiger partial charge in [0.05, 0.1) is 25.0 Å². The number of ether oxygens (including phenoxy) is 1. The van der Waals surface area contributed by atoms with Crippen LogP contribution in [0.15, 0.2) is 36.5 Å². The van der Waals surface area contributed by atoms with Crippen molar-refractivity contribution in [3.63, 3.8) is 0 Å². The molecule has 1 aliphatic heterocycles. The van der Waals surface area contributed by atoms with Gasteiger partial charge < -0.3 is 4.74 Å². The second-order valence-electron chi connectivity index (χ2n) is 4.07. The molecule has 1 saturated heterocycles. The van der Waals surface area contributed by atoms with E-state index in [1.807, 2.05) is 30.3 Å². The maximum absolute atomic E-state index is 9.28. The van der Waals surface area contributed by atoms with Crippen molar-refractivity contribution in [3.05, 3.63) is 42.2 Å². The molecule has 0 unspecified atom stereocenters. The summed E-state index contributed by atoms with van der Waals surface area (Å²) in [5.41, 5.74) is 0.306. The van der Waals surface area contributed by atoms with Gasteiger partial charge in [0.1, 0.15) is 5.41 Å². The first-order valence-corrected chi connectivity index (χ1v) is 5.19. The molecular formula is C13H10N2O. The van der Waals surface area contributed by atoms with Crippen LogP contribution in [0.1, 0.15) is 5.69 Å².